The Morgan fingerprint density at radius 2 is 1.97 bits per heavy atom. The largest absolute Gasteiger partial charge is 0.493 e. The summed E-state index contributed by atoms with van der Waals surface area (Å²) >= 11 is 6.53. The van der Waals surface area contributed by atoms with E-state index in [9.17, 15) is 4.79 Å². The van der Waals surface area contributed by atoms with Crippen molar-refractivity contribution in [2.45, 2.75) is 44.6 Å². The molecule has 38 heavy (non-hydrogen) atoms. The molecule has 0 spiro atoms. The number of para-hydroxylation sites is 1. The van der Waals surface area contributed by atoms with Crippen LogP contribution < -0.4 is 9.47 Å². The van der Waals surface area contributed by atoms with Crippen LogP contribution in [-0.2, 0) is 22.5 Å². The molecule has 0 unspecified atom stereocenters. The summed E-state index contributed by atoms with van der Waals surface area (Å²) in [6, 6.07) is 16.3. The van der Waals surface area contributed by atoms with Gasteiger partial charge in [0.1, 0.15) is 6.42 Å². The first-order valence-electron chi connectivity index (χ1n) is 12.6. The van der Waals surface area contributed by atoms with Crippen molar-refractivity contribution in [3.63, 3.8) is 0 Å². The van der Waals surface area contributed by atoms with Gasteiger partial charge < -0.3 is 18.8 Å². The van der Waals surface area contributed by atoms with Gasteiger partial charge in [0.25, 0.3) is 0 Å². The molecule has 0 aliphatic carbocycles. The highest BCUT2D eigenvalue weighted by Crippen LogP contribution is 2.48. The van der Waals surface area contributed by atoms with Gasteiger partial charge >= 0.3 is 5.97 Å². The minimum Gasteiger partial charge on any atom is -0.493 e. The molecule has 0 bridgehead atoms. The smallest absolute Gasteiger partial charge is 0.313 e. The maximum atomic E-state index is 11.8. The Kier molecular flexibility index (Phi) is 7.64. The summed E-state index contributed by atoms with van der Waals surface area (Å²) in [4.78, 5) is 13.4. The van der Waals surface area contributed by atoms with Crippen molar-refractivity contribution in [2.75, 3.05) is 20.8 Å². The number of halogens is 1. The second-order valence-corrected chi connectivity index (χ2v) is 9.58. The quantitative estimate of drug-likeness (QED) is 0.280. The Morgan fingerprint density at radius 1 is 1.11 bits per heavy atom. The van der Waals surface area contributed by atoms with Crippen LogP contribution in [0.2, 0.25) is 5.02 Å². The minimum absolute atomic E-state index is 0.00160. The van der Waals surface area contributed by atoms with Gasteiger partial charge in [0.2, 0.25) is 0 Å². The molecule has 2 aromatic heterocycles. The van der Waals surface area contributed by atoms with E-state index in [0.29, 0.717) is 29.7 Å². The van der Waals surface area contributed by atoms with Crippen LogP contribution >= 0.6 is 11.6 Å². The highest BCUT2D eigenvalue weighted by Gasteiger charge is 2.32. The van der Waals surface area contributed by atoms with E-state index in [1.807, 2.05) is 24.3 Å². The van der Waals surface area contributed by atoms with E-state index >= 15 is 0 Å². The molecule has 0 saturated heterocycles. The fourth-order valence-electron chi connectivity index (χ4n) is 5.30. The summed E-state index contributed by atoms with van der Waals surface area (Å²) < 4.78 is 18.7. The number of carbonyl (C=O) groups excluding carboxylic acids is 1. The normalized spacial score (nSPS) is 16.3. The molecular formula is C28H30ClN5O4. The lowest BCUT2D eigenvalue weighted by Gasteiger charge is -2.24. The maximum absolute atomic E-state index is 11.8. The molecular weight excluding hydrogens is 506 g/mol. The SMILES string of the molecule is CCOC(=O)Cc1nnn(CC[C@H]2C[C@H](c3cccc(OC)c3OC)c3cc(Cl)ccc3-n3cccc32)n1. The van der Waals surface area contributed by atoms with Crippen molar-refractivity contribution < 1.29 is 19.0 Å². The average molecular weight is 536 g/mol. The summed E-state index contributed by atoms with van der Waals surface area (Å²) in [7, 11) is 3.32. The van der Waals surface area contributed by atoms with E-state index in [4.69, 9.17) is 25.8 Å². The van der Waals surface area contributed by atoms with Crippen molar-refractivity contribution >= 4 is 17.6 Å². The van der Waals surface area contributed by atoms with E-state index in [2.05, 4.69) is 50.4 Å². The Labute approximate surface area is 226 Å². The molecule has 0 radical (unpaired) electrons. The van der Waals surface area contributed by atoms with Gasteiger partial charge in [-0.3, -0.25) is 4.79 Å². The lowest BCUT2D eigenvalue weighted by molar-refractivity contribution is -0.142. The molecule has 0 N–H and O–H groups in total. The number of benzene rings is 2. The Morgan fingerprint density at radius 3 is 2.76 bits per heavy atom. The predicted molar refractivity (Wildman–Crippen MR) is 142 cm³/mol. The van der Waals surface area contributed by atoms with Crippen LogP contribution in [0.25, 0.3) is 5.69 Å². The molecule has 2 atom stereocenters. The van der Waals surface area contributed by atoms with Gasteiger partial charge in [0.05, 0.1) is 27.4 Å². The first-order chi connectivity index (χ1) is 18.5. The Hall–Kier alpha value is -3.85. The summed E-state index contributed by atoms with van der Waals surface area (Å²) in [6.07, 6.45) is 3.67. The fourth-order valence-corrected chi connectivity index (χ4v) is 5.48. The molecule has 0 fully saturated rings. The monoisotopic (exact) mass is 535 g/mol. The van der Waals surface area contributed by atoms with E-state index in [1.165, 1.54) is 5.69 Å². The lowest BCUT2D eigenvalue weighted by Crippen LogP contribution is -2.13. The number of rotatable bonds is 9. The molecule has 0 amide bonds. The zero-order valence-corrected chi connectivity index (χ0v) is 22.4. The van der Waals surface area contributed by atoms with Crippen LogP contribution in [0.5, 0.6) is 11.5 Å². The second-order valence-electron chi connectivity index (χ2n) is 9.15. The van der Waals surface area contributed by atoms with E-state index in [1.54, 1.807) is 25.9 Å². The van der Waals surface area contributed by atoms with Gasteiger partial charge in [-0.05, 0) is 66.9 Å². The molecule has 5 rings (SSSR count). The first-order valence-corrected chi connectivity index (χ1v) is 13.0. The van der Waals surface area contributed by atoms with Gasteiger partial charge in [-0.15, -0.1) is 10.2 Å². The van der Waals surface area contributed by atoms with Crippen molar-refractivity contribution in [3.05, 3.63) is 82.4 Å². The number of ether oxygens (including phenoxy) is 3. The van der Waals surface area contributed by atoms with E-state index in [0.717, 1.165) is 35.4 Å². The number of hydrogen-bond donors (Lipinski definition) is 0. The number of tetrazole rings is 1. The van der Waals surface area contributed by atoms with Gasteiger partial charge in [0.15, 0.2) is 17.3 Å². The van der Waals surface area contributed by atoms with Crippen molar-refractivity contribution in [3.8, 4) is 17.2 Å². The first kappa shape index (κ1) is 25.8. The number of fused-ring (bicyclic) bond motifs is 3. The third kappa shape index (κ3) is 5.11. The Bertz CT molecular complexity index is 1430. The van der Waals surface area contributed by atoms with Crippen LogP contribution in [0.15, 0.2) is 54.7 Å². The highest BCUT2D eigenvalue weighted by molar-refractivity contribution is 6.30. The molecule has 0 saturated carbocycles. The summed E-state index contributed by atoms with van der Waals surface area (Å²) in [5.74, 6) is 1.57. The topological polar surface area (TPSA) is 93.3 Å². The van der Waals surface area contributed by atoms with Crippen molar-refractivity contribution in [1.82, 2.24) is 24.8 Å². The lowest BCUT2D eigenvalue weighted by atomic mass is 9.81. The number of aromatic nitrogens is 5. The molecule has 10 heteroatoms. The zero-order chi connectivity index (χ0) is 26.6. The summed E-state index contributed by atoms with van der Waals surface area (Å²) in [6.45, 7) is 2.64. The molecule has 4 aromatic rings. The van der Waals surface area contributed by atoms with Crippen LogP contribution in [0.3, 0.4) is 0 Å². The average Bonchev–Trinajstić information content (AvgIpc) is 3.56. The second kappa shape index (κ2) is 11.3. The zero-order valence-electron chi connectivity index (χ0n) is 21.6. The van der Waals surface area contributed by atoms with Gasteiger partial charge in [-0.1, -0.05) is 23.7 Å². The van der Waals surface area contributed by atoms with Crippen molar-refractivity contribution in [1.29, 1.82) is 0 Å². The molecule has 1 aliphatic heterocycles. The van der Waals surface area contributed by atoms with Crippen LogP contribution in [0.4, 0.5) is 0 Å². The number of carbonyl (C=O) groups is 1. The highest BCUT2D eigenvalue weighted by atomic mass is 35.5. The number of methoxy groups -OCH3 is 2. The van der Waals surface area contributed by atoms with Gasteiger partial charge in [-0.25, -0.2) is 0 Å². The van der Waals surface area contributed by atoms with E-state index in [-0.39, 0.29) is 24.2 Å². The Balaban J connectivity index is 1.49. The van der Waals surface area contributed by atoms with Crippen molar-refractivity contribution in [2.24, 2.45) is 0 Å². The maximum Gasteiger partial charge on any atom is 0.313 e. The predicted octanol–water partition coefficient (Wildman–Crippen LogP) is 4.95. The molecule has 2 aromatic carbocycles. The molecule has 1 aliphatic rings. The van der Waals surface area contributed by atoms with Crippen LogP contribution in [0, 0.1) is 0 Å². The standard InChI is InChI=1S/C28H30ClN5O4/c1-4-38-27(35)17-26-30-32-34(31-26)14-12-18-15-21(20-7-5-9-25(36-2)28(20)37-3)22-16-19(29)10-11-24(22)33-13-6-8-23(18)33/h5-11,13,16,18,21H,4,12,14-15,17H2,1-3H3/t18-,21+/m0/s1. The van der Waals surface area contributed by atoms with Gasteiger partial charge in [0, 0.05) is 40.0 Å². The third-order valence-corrected chi connectivity index (χ3v) is 7.17. The number of aryl methyl sites for hydroxylation is 1. The van der Waals surface area contributed by atoms with Gasteiger partial charge in [-0.2, -0.15) is 4.80 Å². The van der Waals surface area contributed by atoms with Crippen LogP contribution in [0.1, 0.15) is 54.2 Å². The molecule has 9 nitrogen and oxygen atoms in total. The number of nitrogens with zero attached hydrogens (tertiary/aromatic N) is 5. The van der Waals surface area contributed by atoms with Crippen LogP contribution in [-0.4, -0.2) is 51.6 Å². The minimum atomic E-state index is -0.361. The molecule has 198 valence electrons. The summed E-state index contributed by atoms with van der Waals surface area (Å²) in [5, 5.41) is 13.3. The van der Waals surface area contributed by atoms with E-state index < -0.39 is 0 Å². The summed E-state index contributed by atoms with van der Waals surface area (Å²) in [5.41, 5.74) is 4.45. The number of esters is 1. The number of hydrogen-bond acceptors (Lipinski definition) is 7. The third-order valence-electron chi connectivity index (χ3n) is 6.93. The molecule has 3 heterocycles. The fraction of sp³-hybridized carbons (Fsp3) is 0.357.